The number of urea groups is 1. The molecule has 0 saturated carbocycles. The van der Waals surface area contributed by atoms with E-state index < -0.39 is 0 Å². The monoisotopic (exact) mass is 302 g/mol. The number of nitrogens with zero attached hydrogens (tertiary/aromatic N) is 3. The van der Waals surface area contributed by atoms with Gasteiger partial charge in [-0.25, -0.2) is 4.79 Å². The fourth-order valence-electron chi connectivity index (χ4n) is 2.87. The van der Waals surface area contributed by atoms with Crippen molar-refractivity contribution in [3.8, 4) is 0 Å². The summed E-state index contributed by atoms with van der Waals surface area (Å²) in [7, 11) is 1.85. The normalized spacial score (nSPS) is 14.0. The number of amides is 2. The van der Waals surface area contributed by atoms with Crippen molar-refractivity contribution < 1.29 is 4.79 Å². The molecule has 2 amide bonds. The number of aromatic amines is 1. The van der Waals surface area contributed by atoms with E-state index in [0.717, 1.165) is 41.9 Å². The van der Waals surface area contributed by atoms with E-state index in [1.165, 1.54) is 6.42 Å². The van der Waals surface area contributed by atoms with Gasteiger partial charge >= 0.3 is 6.03 Å². The summed E-state index contributed by atoms with van der Waals surface area (Å²) in [6.45, 7) is 4.10. The minimum Gasteiger partial charge on any atom is -0.305 e. The van der Waals surface area contributed by atoms with Gasteiger partial charge in [0.1, 0.15) is 0 Å². The number of rotatable bonds is 3. The van der Waals surface area contributed by atoms with E-state index in [2.05, 4.69) is 39.8 Å². The Morgan fingerprint density at radius 2 is 2.09 bits per heavy atom. The number of fused-ring (bicyclic) bond motifs is 1. The van der Waals surface area contributed by atoms with E-state index in [0.29, 0.717) is 5.82 Å². The molecule has 0 spiro atoms. The Hall–Kier alpha value is -2.31. The van der Waals surface area contributed by atoms with Gasteiger partial charge in [-0.05, 0) is 31.6 Å². The van der Waals surface area contributed by atoms with E-state index in [9.17, 15) is 4.79 Å². The van der Waals surface area contributed by atoms with Crippen molar-refractivity contribution in [2.75, 3.05) is 10.6 Å². The summed E-state index contributed by atoms with van der Waals surface area (Å²) < 4.78 is 1.71. The molecule has 7 nitrogen and oxygen atoms in total. The van der Waals surface area contributed by atoms with Crippen LogP contribution in [0.3, 0.4) is 0 Å². The van der Waals surface area contributed by atoms with Crippen molar-refractivity contribution in [3.05, 3.63) is 23.1 Å². The molecule has 7 heteroatoms. The van der Waals surface area contributed by atoms with E-state index in [1.807, 2.05) is 13.2 Å². The number of aryl methyl sites for hydroxylation is 2. The molecular formula is C15H22N6O. The van der Waals surface area contributed by atoms with Gasteiger partial charge in [-0.2, -0.15) is 10.2 Å². The zero-order valence-corrected chi connectivity index (χ0v) is 13.2. The second-order valence-electron chi connectivity index (χ2n) is 6.07. The second kappa shape index (κ2) is 5.82. The fourth-order valence-corrected chi connectivity index (χ4v) is 2.87. The molecule has 1 aliphatic rings. The van der Waals surface area contributed by atoms with E-state index >= 15 is 0 Å². The molecule has 0 fully saturated rings. The highest BCUT2D eigenvalue weighted by Crippen LogP contribution is 2.26. The van der Waals surface area contributed by atoms with E-state index in [-0.39, 0.29) is 11.9 Å². The smallest absolute Gasteiger partial charge is 0.305 e. The van der Waals surface area contributed by atoms with Crippen LogP contribution in [0, 0.1) is 0 Å². The first-order valence-electron chi connectivity index (χ1n) is 7.72. The van der Waals surface area contributed by atoms with Crippen LogP contribution >= 0.6 is 0 Å². The molecular weight excluding hydrogens is 280 g/mol. The van der Waals surface area contributed by atoms with Gasteiger partial charge in [0.25, 0.3) is 0 Å². The highest BCUT2D eigenvalue weighted by Gasteiger charge is 2.19. The molecule has 1 aliphatic carbocycles. The number of aromatic nitrogens is 4. The van der Waals surface area contributed by atoms with Crippen LogP contribution in [0.2, 0.25) is 0 Å². The number of hydrogen-bond donors (Lipinski definition) is 3. The fraction of sp³-hybridized carbons (Fsp3) is 0.533. The van der Waals surface area contributed by atoms with Gasteiger partial charge < -0.3 is 5.32 Å². The standard InChI is InChI=1S/C15H22N6O/c1-9(2)13-12(8-21(3)20-13)16-15(22)17-14-10-6-4-5-7-11(10)18-19-14/h8-9H,4-7H2,1-3H3,(H3,16,17,18,19,22). The lowest BCUT2D eigenvalue weighted by Crippen LogP contribution is -2.21. The molecule has 0 aliphatic heterocycles. The summed E-state index contributed by atoms with van der Waals surface area (Å²) in [6.07, 6.45) is 6.10. The summed E-state index contributed by atoms with van der Waals surface area (Å²) in [5.41, 5.74) is 3.89. The molecule has 3 N–H and O–H groups in total. The Bertz CT molecular complexity index is 684. The second-order valence-corrected chi connectivity index (χ2v) is 6.07. The number of hydrogen-bond acceptors (Lipinski definition) is 3. The Morgan fingerprint density at radius 1 is 1.32 bits per heavy atom. The van der Waals surface area contributed by atoms with Gasteiger partial charge in [-0.15, -0.1) is 0 Å². The topological polar surface area (TPSA) is 87.6 Å². The van der Waals surface area contributed by atoms with Crippen molar-refractivity contribution in [2.24, 2.45) is 7.05 Å². The van der Waals surface area contributed by atoms with Gasteiger partial charge in [0.2, 0.25) is 0 Å². The number of H-pyrrole nitrogens is 1. The molecule has 0 unspecified atom stereocenters. The third-order valence-corrected chi connectivity index (χ3v) is 3.94. The summed E-state index contributed by atoms with van der Waals surface area (Å²) >= 11 is 0. The van der Waals surface area contributed by atoms with Crippen LogP contribution < -0.4 is 10.6 Å². The first kappa shape index (κ1) is 14.6. The number of anilines is 2. The molecule has 2 aromatic rings. The molecule has 0 bridgehead atoms. The lowest BCUT2D eigenvalue weighted by Gasteiger charge is -2.12. The molecule has 0 aromatic carbocycles. The summed E-state index contributed by atoms with van der Waals surface area (Å²) in [5.74, 6) is 0.886. The number of carbonyl (C=O) groups is 1. The van der Waals surface area contributed by atoms with Gasteiger partial charge in [0, 0.05) is 24.5 Å². The maximum absolute atomic E-state index is 12.2. The average molecular weight is 302 g/mol. The lowest BCUT2D eigenvalue weighted by atomic mass is 9.98. The lowest BCUT2D eigenvalue weighted by molar-refractivity contribution is 0.262. The molecule has 0 radical (unpaired) electrons. The highest BCUT2D eigenvalue weighted by molar-refractivity contribution is 6.00. The molecule has 3 rings (SSSR count). The van der Waals surface area contributed by atoms with Crippen LogP contribution in [0.15, 0.2) is 6.20 Å². The van der Waals surface area contributed by atoms with Crippen LogP contribution in [-0.2, 0) is 19.9 Å². The minimum atomic E-state index is -0.283. The predicted octanol–water partition coefficient (Wildman–Crippen LogP) is 2.79. The Kier molecular flexibility index (Phi) is 3.87. The van der Waals surface area contributed by atoms with Gasteiger partial charge in [-0.1, -0.05) is 13.8 Å². The maximum atomic E-state index is 12.2. The van der Waals surface area contributed by atoms with Crippen LogP contribution in [0.1, 0.15) is 49.6 Å². The Balaban J connectivity index is 1.72. The molecule has 0 atom stereocenters. The van der Waals surface area contributed by atoms with Crippen molar-refractivity contribution in [1.82, 2.24) is 20.0 Å². The minimum absolute atomic E-state index is 0.245. The SMILES string of the molecule is CC(C)c1nn(C)cc1NC(=O)Nc1n[nH]c2c1CCCC2. The Morgan fingerprint density at radius 3 is 2.86 bits per heavy atom. The highest BCUT2D eigenvalue weighted by atomic mass is 16.2. The molecule has 118 valence electrons. The van der Waals surface area contributed by atoms with E-state index in [1.54, 1.807) is 4.68 Å². The number of carbonyl (C=O) groups excluding carboxylic acids is 1. The Labute approximate surface area is 129 Å². The van der Waals surface area contributed by atoms with Crippen molar-refractivity contribution >= 4 is 17.5 Å². The third kappa shape index (κ3) is 2.84. The van der Waals surface area contributed by atoms with Crippen LogP contribution in [0.4, 0.5) is 16.3 Å². The summed E-state index contributed by atoms with van der Waals surface area (Å²) in [5, 5.41) is 17.3. The van der Waals surface area contributed by atoms with Crippen LogP contribution in [0.25, 0.3) is 0 Å². The maximum Gasteiger partial charge on any atom is 0.325 e. The van der Waals surface area contributed by atoms with Gasteiger partial charge in [0.05, 0.1) is 11.4 Å². The number of nitrogens with one attached hydrogen (secondary N) is 3. The zero-order valence-electron chi connectivity index (χ0n) is 13.2. The molecule has 2 heterocycles. The van der Waals surface area contributed by atoms with Gasteiger partial charge in [0.15, 0.2) is 5.82 Å². The van der Waals surface area contributed by atoms with Crippen LogP contribution in [0.5, 0.6) is 0 Å². The van der Waals surface area contributed by atoms with Crippen molar-refractivity contribution in [3.63, 3.8) is 0 Å². The molecule has 0 saturated heterocycles. The average Bonchev–Trinajstić information content (AvgIpc) is 3.03. The van der Waals surface area contributed by atoms with Crippen molar-refractivity contribution in [2.45, 2.75) is 45.4 Å². The first-order chi connectivity index (χ1) is 10.5. The largest absolute Gasteiger partial charge is 0.325 e. The quantitative estimate of drug-likeness (QED) is 0.814. The third-order valence-electron chi connectivity index (χ3n) is 3.94. The zero-order chi connectivity index (χ0) is 15.7. The summed E-state index contributed by atoms with van der Waals surface area (Å²) in [4.78, 5) is 12.2. The van der Waals surface area contributed by atoms with E-state index in [4.69, 9.17) is 0 Å². The molecule has 2 aromatic heterocycles. The predicted molar refractivity (Wildman–Crippen MR) is 85.2 cm³/mol. The summed E-state index contributed by atoms with van der Waals surface area (Å²) in [6, 6.07) is -0.283. The van der Waals surface area contributed by atoms with Gasteiger partial charge in [-0.3, -0.25) is 15.1 Å². The van der Waals surface area contributed by atoms with Crippen LogP contribution in [-0.4, -0.2) is 26.0 Å². The molecule has 22 heavy (non-hydrogen) atoms. The first-order valence-corrected chi connectivity index (χ1v) is 7.72. The van der Waals surface area contributed by atoms with Crippen molar-refractivity contribution in [1.29, 1.82) is 0 Å².